The zero-order chi connectivity index (χ0) is 19.6. The molecular weight excluding hydrogens is 400 g/mol. The van der Waals surface area contributed by atoms with Crippen LogP contribution in [0.25, 0.3) is 0 Å². The molecule has 2 N–H and O–H groups in total. The Balaban J connectivity index is 2.00. The van der Waals surface area contributed by atoms with Crippen molar-refractivity contribution < 1.29 is 0 Å². The zero-order valence-corrected chi connectivity index (χ0v) is 18.5. The maximum atomic E-state index is 6.12. The van der Waals surface area contributed by atoms with Gasteiger partial charge in [0.25, 0.3) is 0 Å². The normalized spacial score (nSPS) is 14.7. The molecule has 0 aliphatic carbocycles. The maximum Gasteiger partial charge on any atom is 0.140 e. The number of unbranched alkanes of at least 4 members (excludes halogenated alkanes) is 1. The molecule has 1 unspecified atom stereocenters. The van der Waals surface area contributed by atoms with E-state index >= 15 is 0 Å². The number of fused-ring (bicyclic) bond motifs is 1. The van der Waals surface area contributed by atoms with Crippen LogP contribution < -0.4 is 10.6 Å². The van der Waals surface area contributed by atoms with Gasteiger partial charge in [0.2, 0.25) is 0 Å². The first kappa shape index (κ1) is 20.3. The summed E-state index contributed by atoms with van der Waals surface area (Å²) in [6.07, 6.45) is 4.45. The van der Waals surface area contributed by atoms with Gasteiger partial charge in [0.1, 0.15) is 11.6 Å². The van der Waals surface area contributed by atoms with Crippen LogP contribution in [-0.4, -0.2) is 23.1 Å². The van der Waals surface area contributed by atoms with E-state index in [1.807, 2.05) is 6.92 Å². The van der Waals surface area contributed by atoms with Gasteiger partial charge < -0.3 is 10.6 Å². The third-order valence-corrected chi connectivity index (χ3v) is 6.11. The van der Waals surface area contributed by atoms with E-state index in [0.29, 0.717) is 18.4 Å². The number of benzene rings is 1. The average molecular weight is 431 g/mol. The van der Waals surface area contributed by atoms with Crippen molar-refractivity contribution in [1.82, 2.24) is 9.97 Å². The number of hydrogen-bond acceptors (Lipinski definition) is 4. The van der Waals surface area contributed by atoms with Crippen molar-refractivity contribution in [3.63, 3.8) is 0 Å². The number of aromatic nitrogens is 2. The highest BCUT2D eigenvalue weighted by molar-refractivity contribution is 9.10. The van der Waals surface area contributed by atoms with Crippen LogP contribution in [0.1, 0.15) is 74.5 Å². The molecule has 146 valence electrons. The first-order valence-electron chi connectivity index (χ1n) is 10.1. The molecule has 0 fully saturated rings. The summed E-state index contributed by atoms with van der Waals surface area (Å²) in [5.74, 6) is 2.74. The van der Waals surface area contributed by atoms with Crippen LogP contribution in [0.15, 0.2) is 22.7 Å². The van der Waals surface area contributed by atoms with Gasteiger partial charge in [0.05, 0.1) is 11.4 Å². The monoisotopic (exact) mass is 430 g/mol. The van der Waals surface area contributed by atoms with Gasteiger partial charge in [-0.05, 0) is 59.3 Å². The van der Waals surface area contributed by atoms with Crippen LogP contribution in [0, 0.1) is 6.92 Å². The second-order valence-electron chi connectivity index (χ2n) is 7.80. The highest BCUT2D eigenvalue weighted by Gasteiger charge is 2.29. The van der Waals surface area contributed by atoms with Crippen molar-refractivity contribution in [1.29, 1.82) is 0 Å². The Labute approximate surface area is 171 Å². The van der Waals surface area contributed by atoms with Gasteiger partial charge in [-0.15, -0.1) is 0 Å². The Morgan fingerprint density at radius 2 is 2.04 bits per heavy atom. The van der Waals surface area contributed by atoms with Crippen molar-refractivity contribution in [2.75, 3.05) is 18.0 Å². The summed E-state index contributed by atoms with van der Waals surface area (Å²) in [5.41, 5.74) is 11.1. The molecule has 2 heterocycles. The van der Waals surface area contributed by atoms with E-state index in [1.165, 1.54) is 35.3 Å². The number of halogens is 1. The summed E-state index contributed by atoms with van der Waals surface area (Å²) >= 11 is 3.79. The molecule has 1 aliphatic heterocycles. The van der Waals surface area contributed by atoms with Crippen molar-refractivity contribution >= 4 is 27.4 Å². The molecule has 5 heteroatoms. The maximum absolute atomic E-state index is 6.12. The van der Waals surface area contributed by atoms with Gasteiger partial charge in [0, 0.05) is 29.0 Å². The molecule has 3 rings (SSSR count). The van der Waals surface area contributed by atoms with E-state index in [1.54, 1.807) is 0 Å². The van der Waals surface area contributed by atoms with Gasteiger partial charge in [-0.2, -0.15) is 0 Å². The molecule has 1 aromatic heterocycles. The minimum absolute atomic E-state index is 0.326. The average Bonchev–Trinajstić information content (AvgIpc) is 3.05. The second kappa shape index (κ2) is 8.70. The summed E-state index contributed by atoms with van der Waals surface area (Å²) in [5, 5.41) is 0. The molecule has 1 aromatic carbocycles. The van der Waals surface area contributed by atoms with Crippen LogP contribution in [0.3, 0.4) is 0 Å². The molecule has 0 amide bonds. The number of anilines is 2. The second-order valence-corrected chi connectivity index (χ2v) is 8.65. The minimum Gasteiger partial charge on any atom is -0.330 e. The number of aryl methyl sites for hydroxylation is 1. The van der Waals surface area contributed by atoms with E-state index in [4.69, 9.17) is 15.7 Å². The molecular formula is C22H31BrN4. The Bertz CT molecular complexity index is 803. The lowest BCUT2D eigenvalue weighted by Gasteiger charge is -2.23. The highest BCUT2D eigenvalue weighted by Crippen LogP contribution is 2.40. The Hall–Kier alpha value is -1.46. The van der Waals surface area contributed by atoms with Gasteiger partial charge in [-0.25, -0.2) is 9.97 Å². The third-order valence-electron chi connectivity index (χ3n) is 5.48. The van der Waals surface area contributed by atoms with E-state index in [0.717, 1.165) is 35.5 Å². The Kier molecular flexibility index (Phi) is 6.53. The number of nitrogens with zero attached hydrogens (tertiary/aromatic N) is 3. The van der Waals surface area contributed by atoms with E-state index in [2.05, 4.69) is 59.8 Å². The van der Waals surface area contributed by atoms with Crippen LogP contribution in [-0.2, 0) is 6.42 Å². The summed E-state index contributed by atoms with van der Waals surface area (Å²) in [4.78, 5) is 12.0. The fourth-order valence-corrected chi connectivity index (χ4v) is 4.50. The van der Waals surface area contributed by atoms with Gasteiger partial charge in [-0.3, -0.25) is 0 Å². The van der Waals surface area contributed by atoms with Crippen LogP contribution in [0.2, 0.25) is 0 Å². The van der Waals surface area contributed by atoms with Crippen LogP contribution in [0.4, 0.5) is 11.5 Å². The summed E-state index contributed by atoms with van der Waals surface area (Å²) in [7, 11) is 0. The number of rotatable bonds is 7. The third kappa shape index (κ3) is 4.19. The lowest BCUT2D eigenvalue weighted by atomic mass is 9.94. The predicted octanol–water partition coefficient (Wildman–Crippen LogP) is 5.60. The Morgan fingerprint density at radius 1 is 1.26 bits per heavy atom. The van der Waals surface area contributed by atoms with Gasteiger partial charge >= 0.3 is 0 Å². The molecule has 0 saturated heterocycles. The molecule has 0 bridgehead atoms. The molecule has 0 radical (unpaired) electrons. The van der Waals surface area contributed by atoms with Gasteiger partial charge in [0.15, 0.2) is 0 Å². The summed E-state index contributed by atoms with van der Waals surface area (Å²) in [6, 6.07) is 6.67. The minimum atomic E-state index is 0.326. The Morgan fingerprint density at radius 3 is 2.67 bits per heavy atom. The van der Waals surface area contributed by atoms with Crippen molar-refractivity contribution in [2.24, 2.45) is 5.73 Å². The fourth-order valence-electron chi connectivity index (χ4n) is 3.88. The van der Waals surface area contributed by atoms with Crippen LogP contribution in [0.5, 0.6) is 0 Å². The predicted molar refractivity (Wildman–Crippen MR) is 117 cm³/mol. The highest BCUT2D eigenvalue weighted by atomic mass is 79.9. The first-order valence-corrected chi connectivity index (χ1v) is 10.9. The molecule has 1 aliphatic rings. The van der Waals surface area contributed by atoms with Crippen LogP contribution >= 0.6 is 15.9 Å². The fraction of sp³-hybridized carbons (Fsp3) is 0.545. The molecule has 27 heavy (non-hydrogen) atoms. The SMILES string of the molecule is CCCCC(CN)c1nc(C)nc2c1CCN2c1ccc(C(C)C)cc1Br. The molecule has 2 aromatic rings. The molecule has 4 nitrogen and oxygen atoms in total. The lowest BCUT2D eigenvalue weighted by molar-refractivity contribution is 0.573. The quantitative estimate of drug-likeness (QED) is 0.620. The lowest BCUT2D eigenvalue weighted by Crippen LogP contribution is -2.18. The number of nitrogens with two attached hydrogens (primary N) is 1. The van der Waals surface area contributed by atoms with Crippen molar-refractivity contribution in [3.8, 4) is 0 Å². The molecule has 0 saturated carbocycles. The van der Waals surface area contributed by atoms with Crippen molar-refractivity contribution in [2.45, 2.75) is 65.2 Å². The smallest absolute Gasteiger partial charge is 0.140 e. The van der Waals surface area contributed by atoms with E-state index < -0.39 is 0 Å². The largest absolute Gasteiger partial charge is 0.330 e. The van der Waals surface area contributed by atoms with Gasteiger partial charge in [-0.1, -0.05) is 39.7 Å². The summed E-state index contributed by atoms with van der Waals surface area (Å²) < 4.78 is 1.13. The van der Waals surface area contributed by atoms with E-state index in [-0.39, 0.29) is 0 Å². The standard InChI is InChI=1S/C22H31BrN4/c1-5-6-7-17(13-24)21-18-10-11-27(22(18)26-15(4)25-21)20-9-8-16(14(2)3)12-19(20)23/h8-9,12,14,17H,5-7,10-11,13,24H2,1-4H3. The first-order chi connectivity index (χ1) is 13.0. The molecule has 0 spiro atoms. The zero-order valence-electron chi connectivity index (χ0n) is 16.9. The van der Waals surface area contributed by atoms with Crippen molar-refractivity contribution in [3.05, 3.63) is 45.3 Å². The number of hydrogen-bond donors (Lipinski definition) is 1. The summed E-state index contributed by atoms with van der Waals surface area (Å²) in [6.45, 7) is 10.2. The topological polar surface area (TPSA) is 55.0 Å². The molecule has 1 atom stereocenters. The van der Waals surface area contributed by atoms with E-state index in [9.17, 15) is 0 Å².